The van der Waals surface area contributed by atoms with E-state index in [4.69, 9.17) is 44.8 Å². The molecule has 0 N–H and O–H groups in total. The average molecular weight is 1230 g/mol. The minimum atomic E-state index is -0.800. The van der Waals surface area contributed by atoms with Crippen LogP contribution in [0, 0.1) is 0 Å². The topological polar surface area (TPSA) is 192 Å². The molecule has 0 bridgehead atoms. The highest BCUT2D eigenvalue weighted by atomic mass is 16.5. The fourth-order valence-corrected chi connectivity index (χ4v) is 11.3. The van der Waals surface area contributed by atoms with Crippen molar-refractivity contribution in [2.24, 2.45) is 30.6 Å². The van der Waals surface area contributed by atoms with Crippen LogP contribution in [0.1, 0.15) is 185 Å². The Kier molecular flexibility index (Phi) is 22.3. The number of carbonyl (C=O) groups excluding carboxylic acids is 3. The molecule has 6 aliphatic rings. The molecule has 0 saturated carbocycles. The third kappa shape index (κ3) is 16.4. The normalized spacial score (nSPS) is 16.1. The van der Waals surface area contributed by atoms with Crippen LogP contribution in [-0.2, 0) is 0 Å². The Hall–Kier alpha value is -9.09. The Morgan fingerprint density at radius 1 is 0.322 bits per heavy atom. The van der Waals surface area contributed by atoms with Gasteiger partial charge in [0.15, 0.2) is 18.5 Å². The Morgan fingerprint density at radius 2 is 0.511 bits per heavy atom. The van der Waals surface area contributed by atoms with Gasteiger partial charge in [-0.05, 0) is 110 Å². The maximum atomic E-state index is 14.4. The molecule has 24 nitrogen and oxygen atoms in total. The van der Waals surface area contributed by atoms with E-state index in [1.165, 1.54) is 18.2 Å². The highest BCUT2D eigenvalue weighted by molar-refractivity contribution is 6.02. The summed E-state index contributed by atoms with van der Waals surface area (Å²) in [6.07, 6.45) is 23.1. The number of unbranched alkanes of at least 4 members (excludes halogenated alkanes) is 6. The molecule has 24 heteroatoms. The largest absolute Gasteiger partial charge is 0.423 e. The summed E-state index contributed by atoms with van der Waals surface area (Å²) in [4.78, 5) is 56.5. The minimum Gasteiger partial charge on any atom is -0.423 e. The van der Waals surface area contributed by atoms with Crippen LogP contribution >= 0.6 is 0 Å². The van der Waals surface area contributed by atoms with Crippen molar-refractivity contribution >= 4 is 55.9 Å². The van der Waals surface area contributed by atoms with Crippen LogP contribution in [0.25, 0.3) is 0 Å². The SMILES string of the molecule is CCCCN1C=NN(C(c2ccc(OC(=O)c3cc(C(=O)Oc4ccc(C(N5CN(CCCC)C=N5)N5CN(CCCC)C=N5)cc4)cc(C(=O)Oc4ccc(C(N5CN(CCCC)C=N5)N5CN(CCCC)C=N5)cc4)c3)cc2)N2CN(CCCC)C=N2)C1. The van der Waals surface area contributed by atoms with E-state index in [0.29, 0.717) is 40.0 Å². The van der Waals surface area contributed by atoms with Crippen LogP contribution in [-0.4, -0.2) is 195 Å². The summed E-state index contributed by atoms with van der Waals surface area (Å²) in [7, 11) is 0. The Balaban J connectivity index is 0.893. The van der Waals surface area contributed by atoms with Gasteiger partial charge in [-0.1, -0.05) is 116 Å². The number of nitrogens with zero attached hydrogens (tertiary/aromatic N) is 18. The van der Waals surface area contributed by atoms with Crippen molar-refractivity contribution in [2.45, 2.75) is 137 Å². The molecule has 0 spiro atoms. The van der Waals surface area contributed by atoms with E-state index >= 15 is 0 Å². The maximum Gasteiger partial charge on any atom is 0.343 e. The van der Waals surface area contributed by atoms with Crippen LogP contribution in [0.4, 0.5) is 0 Å². The van der Waals surface area contributed by atoms with Gasteiger partial charge < -0.3 is 43.6 Å². The number of rotatable bonds is 33. The van der Waals surface area contributed by atoms with Crippen LogP contribution in [0.15, 0.2) is 122 Å². The Morgan fingerprint density at radius 3 is 0.689 bits per heavy atom. The second-order valence-electron chi connectivity index (χ2n) is 23.7. The molecule has 6 aliphatic heterocycles. The summed E-state index contributed by atoms with van der Waals surface area (Å²) in [6, 6.07) is 25.9. The molecule has 0 atom stereocenters. The van der Waals surface area contributed by atoms with Crippen LogP contribution in [0.3, 0.4) is 0 Å². The molecule has 0 unspecified atom stereocenters. The molecule has 0 saturated heterocycles. The fourth-order valence-electron chi connectivity index (χ4n) is 11.3. The molecule has 0 amide bonds. The summed E-state index contributed by atoms with van der Waals surface area (Å²) in [5.74, 6) is -1.64. The van der Waals surface area contributed by atoms with Crippen molar-refractivity contribution in [1.82, 2.24) is 59.5 Å². The highest BCUT2D eigenvalue weighted by Gasteiger charge is 2.36. The van der Waals surface area contributed by atoms with Gasteiger partial charge in [-0.25, -0.2) is 44.4 Å². The lowest BCUT2D eigenvalue weighted by Crippen LogP contribution is -2.39. The fraction of sp³-hybridized carbons (Fsp3) is 0.500. The lowest BCUT2D eigenvalue weighted by molar-refractivity contribution is 0.0253. The first-order valence-corrected chi connectivity index (χ1v) is 32.4. The van der Waals surface area contributed by atoms with E-state index in [-0.39, 0.29) is 52.4 Å². The van der Waals surface area contributed by atoms with Gasteiger partial charge in [0.1, 0.15) is 95.3 Å². The Labute approximate surface area is 530 Å². The zero-order valence-corrected chi connectivity index (χ0v) is 53.3. The molecule has 0 aromatic heterocycles. The predicted molar refractivity (Wildman–Crippen MR) is 350 cm³/mol. The first-order valence-electron chi connectivity index (χ1n) is 32.4. The van der Waals surface area contributed by atoms with E-state index in [0.717, 1.165) is 133 Å². The van der Waals surface area contributed by atoms with E-state index < -0.39 is 17.9 Å². The lowest BCUT2D eigenvalue weighted by Gasteiger charge is -2.34. The number of benzene rings is 4. The molecule has 10 rings (SSSR count). The van der Waals surface area contributed by atoms with E-state index in [2.05, 4.69) is 70.9 Å². The van der Waals surface area contributed by atoms with Gasteiger partial charge >= 0.3 is 17.9 Å². The summed E-state index contributed by atoms with van der Waals surface area (Å²) in [5.41, 5.74) is 2.50. The van der Waals surface area contributed by atoms with Gasteiger partial charge in [0.25, 0.3) is 0 Å². The van der Waals surface area contributed by atoms with Crippen molar-refractivity contribution in [3.63, 3.8) is 0 Å². The molecule has 6 heterocycles. The summed E-state index contributed by atoms with van der Waals surface area (Å²) in [5, 5.41) is 41.0. The number of hydrazone groups is 6. The van der Waals surface area contributed by atoms with Gasteiger partial charge in [-0.15, -0.1) is 0 Å². The molecule has 0 fully saturated rings. The smallest absolute Gasteiger partial charge is 0.343 e. The summed E-state index contributed by atoms with van der Waals surface area (Å²) < 4.78 is 18.1. The van der Waals surface area contributed by atoms with Crippen LogP contribution < -0.4 is 14.2 Å². The van der Waals surface area contributed by atoms with Gasteiger partial charge in [0.05, 0.1) is 16.7 Å². The lowest BCUT2D eigenvalue weighted by atomic mass is 10.1. The Bertz CT molecular complexity index is 2740. The number of hydrogen-bond acceptors (Lipinski definition) is 24. The van der Waals surface area contributed by atoms with Gasteiger partial charge in [0, 0.05) is 39.3 Å². The number of hydrogen-bond donors (Lipinski definition) is 0. The third-order valence-electron chi connectivity index (χ3n) is 16.4. The molecule has 0 radical (unpaired) electrons. The maximum absolute atomic E-state index is 14.4. The molecular weight excluding hydrogens is 1140 g/mol. The van der Waals surface area contributed by atoms with E-state index in [1.807, 2.05) is 104 Å². The number of esters is 3. The average Bonchev–Trinajstić information content (AvgIpc) is 1.92. The first-order chi connectivity index (χ1) is 44.0. The van der Waals surface area contributed by atoms with Crippen molar-refractivity contribution in [3.8, 4) is 17.2 Å². The van der Waals surface area contributed by atoms with E-state index in [1.54, 1.807) is 36.4 Å². The molecule has 4 aromatic rings. The molecule has 480 valence electrons. The first kappa shape index (κ1) is 63.9. The highest BCUT2D eigenvalue weighted by Crippen LogP contribution is 2.35. The summed E-state index contributed by atoms with van der Waals surface area (Å²) in [6.45, 7) is 22.0. The summed E-state index contributed by atoms with van der Waals surface area (Å²) >= 11 is 0. The second-order valence-corrected chi connectivity index (χ2v) is 23.7. The monoisotopic (exact) mass is 1230 g/mol. The molecule has 4 aromatic carbocycles. The van der Waals surface area contributed by atoms with E-state index in [9.17, 15) is 14.4 Å². The standard InChI is InChI=1S/C66H90N18O6/c1-7-13-31-73-40-67-79(46-73)61(80-47-74(41-68-80)32-14-8-2)52-19-25-58(26-20-52)88-64(85)55-37-56(65(86)89-59-27-21-53(22-28-59)62(81-48-75(42-69-81)33-15-9-3)82-49-76(43-70-82)34-16-10-4)39-57(38-55)66(87)90-60-29-23-54(24-30-60)63(83-50-77(44-71-83)35-17-11-5)84-51-78(45-72-84)36-18-12-6/h19-30,37-45,61-63H,7-18,31-36,46-51H2,1-6H3. The molecular formula is C66H90N18O6. The van der Waals surface area contributed by atoms with Crippen molar-refractivity contribution in [1.29, 1.82) is 0 Å². The number of carbonyl (C=O) groups is 3. The zero-order chi connectivity index (χ0) is 62.8. The predicted octanol–water partition coefficient (Wildman–Crippen LogP) is 10.3. The van der Waals surface area contributed by atoms with Crippen LogP contribution in [0.5, 0.6) is 17.2 Å². The van der Waals surface area contributed by atoms with Crippen molar-refractivity contribution < 1.29 is 28.6 Å². The van der Waals surface area contributed by atoms with Crippen molar-refractivity contribution in [3.05, 3.63) is 124 Å². The quantitative estimate of drug-likeness (QED) is 0.0323. The van der Waals surface area contributed by atoms with Gasteiger partial charge in [-0.3, -0.25) is 0 Å². The van der Waals surface area contributed by atoms with Gasteiger partial charge in [0.2, 0.25) is 0 Å². The zero-order valence-electron chi connectivity index (χ0n) is 53.3. The molecule has 0 aliphatic carbocycles. The van der Waals surface area contributed by atoms with Crippen LogP contribution in [0.2, 0.25) is 0 Å². The number of ether oxygens (including phenoxy) is 3. The third-order valence-corrected chi connectivity index (χ3v) is 16.4. The molecule has 90 heavy (non-hydrogen) atoms. The second kappa shape index (κ2) is 31.4. The van der Waals surface area contributed by atoms with Gasteiger partial charge in [-0.2, -0.15) is 30.6 Å². The minimum absolute atomic E-state index is 0.0662. The van der Waals surface area contributed by atoms with Crippen molar-refractivity contribution in [2.75, 3.05) is 79.3 Å².